The number of carboxylic acids is 1. The zero-order chi connectivity index (χ0) is 13.2. The first-order valence-electron chi connectivity index (χ1n) is 4.06. The molecule has 0 amide bonds. The second-order valence-electron chi connectivity index (χ2n) is 2.84. The quantitative estimate of drug-likeness (QED) is 0.661. The van der Waals surface area contributed by atoms with Gasteiger partial charge in [0.25, 0.3) is 0 Å². The Hall–Kier alpha value is -2.00. The van der Waals surface area contributed by atoms with Crippen molar-refractivity contribution in [3.05, 3.63) is 17.7 Å². The van der Waals surface area contributed by atoms with E-state index < -0.39 is 39.2 Å². The summed E-state index contributed by atoms with van der Waals surface area (Å²) in [5.41, 5.74) is -0.429. The first-order valence-corrected chi connectivity index (χ1v) is 5.42. The molecule has 0 atom stereocenters. The van der Waals surface area contributed by atoms with Gasteiger partial charge in [-0.1, -0.05) is 0 Å². The maximum Gasteiger partial charge on any atom is 0.446 e. The van der Waals surface area contributed by atoms with Crippen molar-refractivity contribution in [2.24, 2.45) is 0 Å². The first-order chi connectivity index (χ1) is 7.74. The summed E-state index contributed by atoms with van der Waals surface area (Å²) < 4.78 is 38.2. The van der Waals surface area contributed by atoms with Crippen LogP contribution in [0.1, 0.15) is 10.4 Å². The minimum absolute atomic E-state index is 0.410. The van der Waals surface area contributed by atoms with Crippen LogP contribution >= 0.6 is 0 Å². The molecule has 1 aromatic carbocycles. The Labute approximate surface area is 96.0 Å². The number of benzene rings is 1. The molecule has 0 bridgehead atoms. The molecule has 0 aromatic heterocycles. The predicted molar refractivity (Wildman–Crippen MR) is 53.8 cm³/mol. The third-order valence-corrected chi connectivity index (χ3v) is 2.07. The van der Waals surface area contributed by atoms with E-state index in [0.717, 1.165) is 19.2 Å². The molecule has 0 aliphatic heterocycles. The minimum Gasteiger partial charge on any atom is -0.504 e. The Balaban J connectivity index is 3.39. The lowest BCUT2D eigenvalue weighted by Crippen LogP contribution is -2.09. The summed E-state index contributed by atoms with van der Waals surface area (Å²) in [5.74, 6) is -3.09. The van der Waals surface area contributed by atoms with Crippen molar-refractivity contribution in [1.29, 1.82) is 0 Å². The molecule has 8 nitrogen and oxygen atoms in total. The van der Waals surface area contributed by atoms with Gasteiger partial charge in [-0.25, -0.2) is 4.79 Å². The van der Waals surface area contributed by atoms with Crippen molar-refractivity contribution >= 4 is 16.4 Å². The van der Waals surface area contributed by atoms with E-state index in [4.69, 9.17) is 9.66 Å². The van der Waals surface area contributed by atoms with E-state index in [1.165, 1.54) is 0 Å². The molecule has 3 N–H and O–H groups in total. The van der Waals surface area contributed by atoms with Gasteiger partial charge in [-0.15, -0.1) is 0 Å². The molecule has 0 unspecified atom stereocenters. The van der Waals surface area contributed by atoms with Crippen molar-refractivity contribution in [2.45, 2.75) is 0 Å². The highest BCUT2D eigenvalue weighted by Gasteiger charge is 2.19. The van der Waals surface area contributed by atoms with Crippen molar-refractivity contribution in [3.63, 3.8) is 0 Å². The second-order valence-corrected chi connectivity index (χ2v) is 3.87. The second kappa shape index (κ2) is 4.47. The van der Waals surface area contributed by atoms with Crippen LogP contribution in [-0.4, -0.2) is 36.3 Å². The Morgan fingerprint density at radius 3 is 2.35 bits per heavy atom. The molecule has 0 aliphatic carbocycles. The average molecular weight is 264 g/mol. The summed E-state index contributed by atoms with van der Waals surface area (Å²) in [4.78, 5) is 10.7. The summed E-state index contributed by atoms with van der Waals surface area (Å²) in [6, 6.07) is 1.63. The summed E-state index contributed by atoms with van der Waals surface area (Å²) in [6.45, 7) is 0. The standard InChI is InChI=1S/C8H8O8S/c1-15-7-5(9)2-4(8(10)11)3-6(7)16-17(12,13)14/h2-3,9H,1H3,(H,10,11)(H,12,13,14). The largest absolute Gasteiger partial charge is 0.504 e. The molecule has 1 aromatic rings. The number of ether oxygens (including phenoxy) is 1. The van der Waals surface area contributed by atoms with Crippen molar-refractivity contribution in [3.8, 4) is 17.2 Å². The third-order valence-electron chi connectivity index (χ3n) is 1.68. The van der Waals surface area contributed by atoms with E-state index >= 15 is 0 Å². The normalized spacial score (nSPS) is 10.9. The zero-order valence-corrected chi connectivity index (χ0v) is 9.26. The van der Waals surface area contributed by atoms with Crippen LogP contribution in [0.25, 0.3) is 0 Å². The number of rotatable bonds is 4. The van der Waals surface area contributed by atoms with Gasteiger partial charge in [0.2, 0.25) is 5.75 Å². The van der Waals surface area contributed by atoms with E-state index in [9.17, 15) is 18.3 Å². The number of aromatic carboxylic acids is 1. The Bertz CT molecular complexity index is 547. The number of phenolic OH excluding ortho intramolecular Hbond substituents is 1. The lowest BCUT2D eigenvalue weighted by Gasteiger charge is -2.10. The molecule has 0 radical (unpaired) electrons. The van der Waals surface area contributed by atoms with Crippen LogP contribution in [0.5, 0.6) is 17.2 Å². The monoisotopic (exact) mass is 264 g/mol. The predicted octanol–water partition coefficient (Wildman–Crippen LogP) is 0.281. The van der Waals surface area contributed by atoms with Gasteiger partial charge in [0.15, 0.2) is 11.5 Å². The van der Waals surface area contributed by atoms with Crippen LogP contribution in [0, 0.1) is 0 Å². The molecule has 9 heteroatoms. The average Bonchev–Trinajstić information content (AvgIpc) is 2.14. The summed E-state index contributed by atoms with van der Waals surface area (Å²) in [6.07, 6.45) is 0. The van der Waals surface area contributed by atoms with Gasteiger partial charge in [0.05, 0.1) is 12.7 Å². The molecule has 0 fully saturated rings. The number of phenols is 1. The maximum atomic E-state index is 10.7. The molecule has 0 saturated heterocycles. The van der Waals surface area contributed by atoms with Gasteiger partial charge in [0.1, 0.15) is 0 Å². The third kappa shape index (κ3) is 3.23. The summed E-state index contributed by atoms with van der Waals surface area (Å²) in [5, 5.41) is 18.0. The van der Waals surface area contributed by atoms with Crippen LogP contribution in [0.15, 0.2) is 12.1 Å². The molecule has 0 saturated carbocycles. The lowest BCUT2D eigenvalue weighted by atomic mass is 10.2. The number of methoxy groups -OCH3 is 1. The van der Waals surface area contributed by atoms with Crippen LogP contribution in [0.2, 0.25) is 0 Å². The number of hydrogen-bond acceptors (Lipinski definition) is 6. The van der Waals surface area contributed by atoms with Gasteiger partial charge >= 0.3 is 16.4 Å². The fourth-order valence-corrected chi connectivity index (χ4v) is 1.44. The fraction of sp³-hybridized carbons (Fsp3) is 0.125. The van der Waals surface area contributed by atoms with Gasteiger partial charge in [-0.05, 0) is 6.07 Å². The Kier molecular flexibility index (Phi) is 3.44. The first kappa shape index (κ1) is 13.1. The number of carbonyl (C=O) groups is 1. The molecule has 0 heterocycles. The van der Waals surface area contributed by atoms with Gasteiger partial charge in [-0.2, -0.15) is 8.42 Å². The van der Waals surface area contributed by atoms with E-state index in [-0.39, 0.29) is 0 Å². The van der Waals surface area contributed by atoms with E-state index in [1.807, 2.05) is 0 Å². The summed E-state index contributed by atoms with van der Waals surface area (Å²) >= 11 is 0. The number of carboxylic acid groups (broad SMARTS) is 1. The minimum atomic E-state index is -4.85. The molecule has 94 valence electrons. The molecule has 0 aliphatic rings. The molecular weight excluding hydrogens is 256 g/mol. The maximum absolute atomic E-state index is 10.7. The SMILES string of the molecule is COc1c(O)cc(C(=O)O)cc1OS(=O)(=O)O. The van der Waals surface area contributed by atoms with Gasteiger partial charge in [0, 0.05) is 6.07 Å². The van der Waals surface area contributed by atoms with Crippen molar-refractivity contribution < 1.29 is 36.9 Å². The molecule has 1 rings (SSSR count). The zero-order valence-electron chi connectivity index (χ0n) is 8.45. The lowest BCUT2D eigenvalue weighted by molar-refractivity contribution is 0.0696. The smallest absolute Gasteiger partial charge is 0.446 e. The number of aromatic hydroxyl groups is 1. The van der Waals surface area contributed by atoms with Gasteiger partial charge in [-0.3, -0.25) is 4.55 Å². The molecule has 17 heavy (non-hydrogen) atoms. The van der Waals surface area contributed by atoms with E-state index in [2.05, 4.69) is 8.92 Å². The van der Waals surface area contributed by atoms with Crippen LogP contribution < -0.4 is 8.92 Å². The Morgan fingerprint density at radius 1 is 1.35 bits per heavy atom. The van der Waals surface area contributed by atoms with Crippen LogP contribution in [0.3, 0.4) is 0 Å². The van der Waals surface area contributed by atoms with Crippen molar-refractivity contribution in [1.82, 2.24) is 0 Å². The fourth-order valence-electron chi connectivity index (χ4n) is 1.09. The van der Waals surface area contributed by atoms with E-state index in [1.54, 1.807) is 0 Å². The number of hydrogen-bond donors (Lipinski definition) is 3. The molecular formula is C8H8O8S. The highest BCUT2D eigenvalue weighted by Crippen LogP contribution is 2.38. The van der Waals surface area contributed by atoms with Crippen LogP contribution in [0.4, 0.5) is 0 Å². The Morgan fingerprint density at radius 2 is 1.94 bits per heavy atom. The summed E-state index contributed by atoms with van der Waals surface area (Å²) in [7, 11) is -3.75. The molecule has 0 spiro atoms. The van der Waals surface area contributed by atoms with E-state index in [0.29, 0.717) is 0 Å². The van der Waals surface area contributed by atoms with Crippen LogP contribution in [-0.2, 0) is 10.4 Å². The topological polar surface area (TPSA) is 130 Å². The van der Waals surface area contributed by atoms with Gasteiger partial charge < -0.3 is 19.1 Å². The highest BCUT2D eigenvalue weighted by atomic mass is 32.3. The van der Waals surface area contributed by atoms with Crippen molar-refractivity contribution in [2.75, 3.05) is 7.11 Å². The highest BCUT2D eigenvalue weighted by molar-refractivity contribution is 7.81.